The molecule has 1 rings (SSSR count). The first-order valence-corrected chi connectivity index (χ1v) is 5.48. The fourth-order valence-electron chi connectivity index (χ4n) is 1.39. The van der Waals surface area contributed by atoms with Crippen molar-refractivity contribution in [2.24, 2.45) is 5.73 Å². The van der Waals surface area contributed by atoms with Crippen LogP contribution in [0.4, 0.5) is 4.39 Å². The number of unbranched alkanes of at least 4 members (excludes halogenated alkanes) is 2. The minimum absolute atomic E-state index is 0.0984. The molecule has 16 heavy (non-hydrogen) atoms. The Morgan fingerprint density at radius 2 is 2.00 bits per heavy atom. The van der Waals surface area contributed by atoms with Crippen molar-refractivity contribution in [2.45, 2.75) is 19.3 Å². The monoisotopic (exact) mass is 224 g/mol. The molecule has 0 heterocycles. The number of nitrogens with two attached hydrogens (primary N) is 1. The molecule has 0 saturated heterocycles. The summed E-state index contributed by atoms with van der Waals surface area (Å²) in [6.07, 6.45) is 2.81. The molecule has 0 aromatic heterocycles. The molecule has 1 amide bonds. The summed E-state index contributed by atoms with van der Waals surface area (Å²) in [6, 6.07) is 5.97. The lowest BCUT2D eigenvalue weighted by Crippen LogP contribution is -2.25. The average molecular weight is 224 g/mol. The predicted molar refractivity (Wildman–Crippen MR) is 61.6 cm³/mol. The van der Waals surface area contributed by atoms with Crippen LogP contribution in [0.15, 0.2) is 24.3 Å². The van der Waals surface area contributed by atoms with Gasteiger partial charge in [0, 0.05) is 6.54 Å². The van der Waals surface area contributed by atoms with E-state index < -0.39 is 5.82 Å². The standard InChI is InChI=1S/C12H17FN2O/c13-11-7-3-2-6-10(11)12(16)15-9-5-1-4-8-14/h2-3,6-7H,1,4-5,8-9,14H2,(H,15,16). The lowest BCUT2D eigenvalue weighted by atomic mass is 10.2. The third kappa shape index (κ3) is 3.98. The van der Waals surface area contributed by atoms with Gasteiger partial charge in [-0.3, -0.25) is 4.79 Å². The van der Waals surface area contributed by atoms with Crippen LogP contribution in [0.3, 0.4) is 0 Å². The number of benzene rings is 1. The molecule has 0 saturated carbocycles. The van der Waals surface area contributed by atoms with Gasteiger partial charge in [-0.1, -0.05) is 18.6 Å². The number of amides is 1. The molecule has 0 aliphatic heterocycles. The molecular weight excluding hydrogens is 207 g/mol. The van der Waals surface area contributed by atoms with Gasteiger partial charge in [0.1, 0.15) is 5.82 Å². The summed E-state index contributed by atoms with van der Waals surface area (Å²) in [4.78, 5) is 11.5. The molecule has 0 atom stereocenters. The van der Waals surface area contributed by atoms with E-state index in [1.54, 1.807) is 12.1 Å². The SMILES string of the molecule is NCCCCCNC(=O)c1ccccc1F. The van der Waals surface area contributed by atoms with Gasteiger partial charge >= 0.3 is 0 Å². The number of nitrogens with one attached hydrogen (secondary N) is 1. The molecule has 0 bridgehead atoms. The van der Waals surface area contributed by atoms with E-state index in [9.17, 15) is 9.18 Å². The van der Waals surface area contributed by atoms with E-state index in [0.717, 1.165) is 19.3 Å². The van der Waals surface area contributed by atoms with E-state index in [1.807, 2.05) is 0 Å². The van der Waals surface area contributed by atoms with Crippen molar-refractivity contribution >= 4 is 5.91 Å². The highest BCUT2D eigenvalue weighted by Crippen LogP contribution is 2.05. The number of hydrogen-bond donors (Lipinski definition) is 2. The largest absolute Gasteiger partial charge is 0.352 e. The molecule has 3 nitrogen and oxygen atoms in total. The van der Waals surface area contributed by atoms with Crippen LogP contribution in [-0.2, 0) is 0 Å². The highest BCUT2D eigenvalue weighted by Gasteiger charge is 2.09. The maximum absolute atomic E-state index is 13.2. The van der Waals surface area contributed by atoms with Gasteiger partial charge < -0.3 is 11.1 Å². The molecule has 0 unspecified atom stereocenters. The molecule has 0 fully saturated rings. The fourth-order valence-corrected chi connectivity index (χ4v) is 1.39. The van der Waals surface area contributed by atoms with Gasteiger partial charge in [0.25, 0.3) is 5.91 Å². The van der Waals surface area contributed by atoms with Crippen molar-refractivity contribution in [3.63, 3.8) is 0 Å². The van der Waals surface area contributed by atoms with Gasteiger partial charge in [-0.2, -0.15) is 0 Å². The zero-order valence-electron chi connectivity index (χ0n) is 9.21. The number of carbonyl (C=O) groups excluding carboxylic acids is 1. The molecule has 1 aromatic rings. The smallest absolute Gasteiger partial charge is 0.254 e. The van der Waals surface area contributed by atoms with Crippen LogP contribution in [0.25, 0.3) is 0 Å². The summed E-state index contributed by atoms with van der Waals surface area (Å²) < 4.78 is 13.2. The first-order chi connectivity index (χ1) is 7.75. The van der Waals surface area contributed by atoms with Crippen LogP contribution in [-0.4, -0.2) is 19.0 Å². The first-order valence-electron chi connectivity index (χ1n) is 5.48. The summed E-state index contributed by atoms with van der Waals surface area (Å²) >= 11 is 0. The van der Waals surface area contributed by atoms with E-state index in [0.29, 0.717) is 13.1 Å². The fraction of sp³-hybridized carbons (Fsp3) is 0.417. The molecule has 88 valence electrons. The van der Waals surface area contributed by atoms with Crippen molar-refractivity contribution in [1.82, 2.24) is 5.32 Å². The van der Waals surface area contributed by atoms with Crippen LogP contribution in [0.5, 0.6) is 0 Å². The minimum Gasteiger partial charge on any atom is -0.352 e. The summed E-state index contributed by atoms with van der Waals surface area (Å²) in [6.45, 7) is 1.23. The highest BCUT2D eigenvalue weighted by atomic mass is 19.1. The quantitative estimate of drug-likeness (QED) is 0.722. The van der Waals surface area contributed by atoms with Crippen molar-refractivity contribution in [3.8, 4) is 0 Å². The molecule has 1 aromatic carbocycles. The molecule has 0 radical (unpaired) electrons. The van der Waals surface area contributed by atoms with Crippen molar-refractivity contribution in [1.29, 1.82) is 0 Å². The van der Waals surface area contributed by atoms with Crippen LogP contribution in [0.2, 0.25) is 0 Å². The molecule has 0 aliphatic rings. The van der Waals surface area contributed by atoms with E-state index in [1.165, 1.54) is 12.1 Å². The van der Waals surface area contributed by atoms with Gasteiger partial charge in [0.2, 0.25) is 0 Å². The Labute approximate surface area is 94.8 Å². The number of hydrogen-bond acceptors (Lipinski definition) is 2. The summed E-state index contributed by atoms with van der Waals surface area (Å²) in [7, 11) is 0. The Kier molecular flexibility index (Phi) is 5.50. The lowest BCUT2D eigenvalue weighted by Gasteiger charge is -2.05. The second-order valence-corrected chi connectivity index (χ2v) is 3.59. The normalized spacial score (nSPS) is 10.1. The zero-order valence-corrected chi connectivity index (χ0v) is 9.21. The maximum Gasteiger partial charge on any atom is 0.254 e. The Bertz CT molecular complexity index is 342. The van der Waals surface area contributed by atoms with Crippen LogP contribution < -0.4 is 11.1 Å². The first kappa shape index (κ1) is 12.6. The zero-order chi connectivity index (χ0) is 11.8. The van der Waals surface area contributed by atoms with E-state index >= 15 is 0 Å². The Morgan fingerprint density at radius 3 is 2.69 bits per heavy atom. The maximum atomic E-state index is 13.2. The van der Waals surface area contributed by atoms with Crippen LogP contribution >= 0.6 is 0 Å². The van der Waals surface area contributed by atoms with E-state index in [2.05, 4.69) is 5.32 Å². The Balaban J connectivity index is 2.33. The Hall–Kier alpha value is -1.42. The second-order valence-electron chi connectivity index (χ2n) is 3.59. The topological polar surface area (TPSA) is 55.1 Å². The van der Waals surface area contributed by atoms with Crippen molar-refractivity contribution in [3.05, 3.63) is 35.6 Å². The van der Waals surface area contributed by atoms with Crippen molar-refractivity contribution in [2.75, 3.05) is 13.1 Å². The van der Waals surface area contributed by atoms with Gasteiger partial charge in [0.15, 0.2) is 0 Å². The summed E-state index contributed by atoms with van der Waals surface area (Å²) in [5.41, 5.74) is 5.44. The van der Waals surface area contributed by atoms with Gasteiger partial charge in [-0.05, 0) is 31.5 Å². The second kappa shape index (κ2) is 6.95. The lowest BCUT2D eigenvalue weighted by molar-refractivity contribution is 0.0949. The molecule has 3 N–H and O–H groups in total. The van der Waals surface area contributed by atoms with Gasteiger partial charge in [0.05, 0.1) is 5.56 Å². The molecule has 4 heteroatoms. The third-order valence-corrected chi connectivity index (χ3v) is 2.28. The average Bonchev–Trinajstić information content (AvgIpc) is 2.29. The van der Waals surface area contributed by atoms with Gasteiger partial charge in [-0.15, -0.1) is 0 Å². The van der Waals surface area contributed by atoms with Crippen LogP contribution in [0, 0.1) is 5.82 Å². The summed E-state index contributed by atoms with van der Waals surface area (Å²) in [5.74, 6) is -0.840. The molecule has 0 aliphatic carbocycles. The van der Waals surface area contributed by atoms with Crippen LogP contribution in [0.1, 0.15) is 29.6 Å². The molecule has 0 spiro atoms. The van der Waals surface area contributed by atoms with E-state index in [4.69, 9.17) is 5.73 Å². The summed E-state index contributed by atoms with van der Waals surface area (Å²) in [5, 5.41) is 2.68. The highest BCUT2D eigenvalue weighted by molar-refractivity contribution is 5.94. The predicted octanol–water partition coefficient (Wildman–Crippen LogP) is 1.68. The Morgan fingerprint density at radius 1 is 1.25 bits per heavy atom. The van der Waals surface area contributed by atoms with E-state index in [-0.39, 0.29) is 11.5 Å². The third-order valence-electron chi connectivity index (χ3n) is 2.28. The minimum atomic E-state index is -0.484. The number of rotatable bonds is 6. The molecular formula is C12H17FN2O. The number of carbonyl (C=O) groups is 1. The number of halogens is 1. The van der Waals surface area contributed by atoms with Crippen molar-refractivity contribution < 1.29 is 9.18 Å². The van der Waals surface area contributed by atoms with Gasteiger partial charge in [-0.25, -0.2) is 4.39 Å².